The maximum atomic E-state index is 13.2. The van der Waals surface area contributed by atoms with Gasteiger partial charge in [0.1, 0.15) is 16.4 Å². The number of carbonyl (C=O) groups is 2. The molecule has 1 aliphatic carbocycles. The average molecular weight is 389 g/mol. The lowest BCUT2D eigenvalue weighted by Crippen LogP contribution is -2.16. The number of methoxy groups -OCH3 is 1. The van der Waals surface area contributed by atoms with Gasteiger partial charge in [-0.05, 0) is 30.0 Å². The zero-order valence-corrected chi connectivity index (χ0v) is 16.2. The number of carbonyl (C=O) groups excluding carboxylic acids is 2. The van der Waals surface area contributed by atoms with Crippen molar-refractivity contribution in [1.29, 1.82) is 0 Å². The Morgan fingerprint density at radius 1 is 1.19 bits per heavy atom. The molecule has 4 nitrogen and oxygen atoms in total. The van der Waals surface area contributed by atoms with Crippen molar-refractivity contribution in [2.75, 3.05) is 12.4 Å². The van der Waals surface area contributed by atoms with Crippen molar-refractivity contribution in [2.24, 2.45) is 5.92 Å². The van der Waals surface area contributed by atoms with E-state index in [4.69, 9.17) is 4.74 Å². The molecule has 1 amide bonds. The molecular formula is C21H24FNO3S. The minimum absolute atomic E-state index is 0.0850. The summed E-state index contributed by atoms with van der Waals surface area (Å²) in [6, 6.07) is 5.91. The van der Waals surface area contributed by atoms with Gasteiger partial charge in [-0.3, -0.25) is 4.79 Å². The summed E-state index contributed by atoms with van der Waals surface area (Å²) in [6.45, 7) is 0. The lowest BCUT2D eigenvalue weighted by molar-refractivity contribution is -0.116. The molecule has 0 saturated heterocycles. The third-order valence-corrected chi connectivity index (χ3v) is 5.99. The molecule has 1 fully saturated rings. The molecule has 27 heavy (non-hydrogen) atoms. The van der Waals surface area contributed by atoms with E-state index in [9.17, 15) is 14.0 Å². The van der Waals surface area contributed by atoms with Crippen LogP contribution in [0.4, 0.5) is 9.39 Å². The van der Waals surface area contributed by atoms with Crippen LogP contribution in [0.1, 0.15) is 55.3 Å². The van der Waals surface area contributed by atoms with Crippen LogP contribution in [0.5, 0.6) is 0 Å². The number of benzene rings is 1. The highest BCUT2D eigenvalue weighted by Gasteiger charge is 2.23. The Morgan fingerprint density at radius 3 is 2.56 bits per heavy atom. The van der Waals surface area contributed by atoms with Gasteiger partial charge in [0.05, 0.1) is 7.11 Å². The predicted octanol–water partition coefficient (Wildman–Crippen LogP) is 5.64. The molecule has 0 bridgehead atoms. The summed E-state index contributed by atoms with van der Waals surface area (Å²) < 4.78 is 18.1. The van der Waals surface area contributed by atoms with Crippen LogP contribution in [0.2, 0.25) is 0 Å². The molecule has 2 aromatic rings. The Kier molecular flexibility index (Phi) is 6.61. The molecule has 0 radical (unpaired) electrons. The smallest absolute Gasteiger partial charge is 0.341 e. The van der Waals surface area contributed by atoms with E-state index < -0.39 is 5.97 Å². The molecule has 1 aromatic heterocycles. The van der Waals surface area contributed by atoms with Crippen LogP contribution in [0.3, 0.4) is 0 Å². The average Bonchev–Trinajstić information content (AvgIpc) is 3.10. The van der Waals surface area contributed by atoms with Crippen LogP contribution in [0.15, 0.2) is 29.6 Å². The summed E-state index contributed by atoms with van der Waals surface area (Å²) in [5, 5.41) is 5.14. The maximum Gasteiger partial charge on any atom is 0.341 e. The fourth-order valence-corrected chi connectivity index (χ4v) is 4.57. The number of ether oxygens (including phenoxy) is 1. The minimum Gasteiger partial charge on any atom is -0.465 e. The summed E-state index contributed by atoms with van der Waals surface area (Å²) in [7, 11) is 1.31. The minimum atomic E-state index is -0.516. The molecular weight excluding hydrogens is 365 g/mol. The van der Waals surface area contributed by atoms with E-state index >= 15 is 0 Å². The highest BCUT2D eigenvalue weighted by Crippen LogP contribution is 2.36. The standard InChI is InChI=1S/C21H24FNO3S/c1-26-21(25)19-17(15-8-10-16(22)11-9-15)13-27-20(19)23-18(24)12-7-14-5-3-2-4-6-14/h8-11,13-14H,2-7,12H2,1H3,(H,23,24). The number of halogens is 1. The van der Waals surface area contributed by atoms with Gasteiger partial charge in [0.25, 0.3) is 0 Å². The van der Waals surface area contributed by atoms with Crippen LogP contribution >= 0.6 is 11.3 Å². The van der Waals surface area contributed by atoms with Crippen LogP contribution in [-0.4, -0.2) is 19.0 Å². The molecule has 0 unspecified atom stereocenters. The Morgan fingerprint density at radius 2 is 1.89 bits per heavy atom. The van der Waals surface area contributed by atoms with Crippen molar-refractivity contribution >= 4 is 28.2 Å². The zero-order valence-electron chi connectivity index (χ0n) is 15.4. The maximum absolute atomic E-state index is 13.2. The highest BCUT2D eigenvalue weighted by molar-refractivity contribution is 7.15. The summed E-state index contributed by atoms with van der Waals surface area (Å²) in [6.07, 6.45) is 7.55. The van der Waals surface area contributed by atoms with E-state index in [2.05, 4.69) is 5.32 Å². The zero-order chi connectivity index (χ0) is 19.2. The normalized spacial score (nSPS) is 14.7. The van der Waals surface area contributed by atoms with Gasteiger partial charge in [-0.2, -0.15) is 0 Å². The summed E-state index contributed by atoms with van der Waals surface area (Å²) in [4.78, 5) is 24.7. The third-order valence-electron chi connectivity index (χ3n) is 5.09. The molecule has 3 rings (SSSR count). The Labute approximate surface area is 162 Å². The van der Waals surface area contributed by atoms with Gasteiger partial charge in [0.15, 0.2) is 0 Å². The van der Waals surface area contributed by atoms with Crippen LogP contribution in [0, 0.1) is 11.7 Å². The van der Waals surface area contributed by atoms with Gasteiger partial charge in [-0.15, -0.1) is 11.3 Å². The summed E-state index contributed by atoms with van der Waals surface area (Å²) in [5.74, 6) is -0.316. The van der Waals surface area contributed by atoms with E-state index in [1.54, 1.807) is 17.5 Å². The summed E-state index contributed by atoms with van der Waals surface area (Å²) in [5.41, 5.74) is 1.66. The van der Waals surface area contributed by atoms with E-state index in [1.807, 2.05) is 0 Å². The molecule has 1 heterocycles. The molecule has 0 aliphatic heterocycles. The number of hydrogen-bond donors (Lipinski definition) is 1. The fourth-order valence-electron chi connectivity index (χ4n) is 3.60. The Balaban J connectivity index is 1.73. The number of esters is 1. The molecule has 1 aromatic carbocycles. The molecule has 1 N–H and O–H groups in total. The Bertz CT molecular complexity index is 794. The van der Waals surface area contributed by atoms with Gasteiger partial charge < -0.3 is 10.1 Å². The first-order chi connectivity index (χ1) is 13.1. The van der Waals surface area contributed by atoms with Crippen molar-refractivity contribution < 1.29 is 18.7 Å². The molecule has 0 spiro atoms. The van der Waals surface area contributed by atoms with Crippen LogP contribution < -0.4 is 5.32 Å². The number of hydrogen-bond acceptors (Lipinski definition) is 4. The van der Waals surface area contributed by atoms with Gasteiger partial charge >= 0.3 is 5.97 Å². The third kappa shape index (κ3) is 4.95. The molecule has 144 valence electrons. The lowest BCUT2D eigenvalue weighted by Gasteiger charge is -2.20. The van der Waals surface area contributed by atoms with E-state index in [1.165, 1.54) is 62.7 Å². The first-order valence-electron chi connectivity index (χ1n) is 9.34. The molecule has 6 heteroatoms. The topological polar surface area (TPSA) is 55.4 Å². The molecule has 0 atom stereocenters. The monoisotopic (exact) mass is 389 g/mol. The lowest BCUT2D eigenvalue weighted by atomic mass is 9.86. The Hall–Kier alpha value is -2.21. The van der Waals surface area contributed by atoms with E-state index in [0.29, 0.717) is 34.0 Å². The number of thiophene rings is 1. The van der Waals surface area contributed by atoms with Crippen LogP contribution in [-0.2, 0) is 9.53 Å². The highest BCUT2D eigenvalue weighted by atomic mass is 32.1. The van der Waals surface area contributed by atoms with Gasteiger partial charge in [-0.1, -0.05) is 44.2 Å². The largest absolute Gasteiger partial charge is 0.465 e. The van der Waals surface area contributed by atoms with Gasteiger partial charge in [0, 0.05) is 17.4 Å². The number of anilines is 1. The number of amides is 1. The number of rotatable bonds is 6. The van der Waals surface area contributed by atoms with Gasteiger partial charge in [-0.25, -0.2) is 9.18 Å². The van der Waals surface area contributed by atoms with Gasteiger partial charge in [0.2, 0.25) is 5.91 Å². The van der Waals surface area contributed by atoms with Crippen molar-refractivity contribution in [2.45, 2.75) is 44.9 Å². The quantitative estimate of drug-likeness (QED) is 0.651. The SMILES string of the molecule is COC(=O)c1c(-c2ccc(F)cc2)csc1NC(=O)CCC1CCCCC1. The second-order valence-corrected chi connectivity index (χ2v) is 7.82. The molecule has 1 saturated carbocycles. The molecule has 1 aliphatic rings. The number of nitrogens with one attached hydrogen (secondary N) is 1. The van der Waals surface area contributed by atoms with Crippen molar-refractivity contribution in [3.05, 3.63) is 41.0 Å². The van der Waals surface area contributed by atoms with Crippen LogP contribution in [0.25, 0.3) is 11.1 Å². The second kappa shape index (κ2) is 9.13. The summed E-state index contributed by atoms with van der Waals surface area (Å²) >= 11 is 1.28. The first-order valence-corrected chi connectivity index (χ1v) is 10.2. The van der Waals surface area contributed by atoms with Crippen molar-refractivity contribution in [3.63, 3.8) is 0 Å². The van der Waals surface area contributed by atoms with Crippen molar-refractivity contribution in [3.8, 4) is 11.1 Å². The first kappa shape index (κ1) is 19.5. The fraction of sp³-hybridized carbons (Fsp3) is 0.429. The van der Waals surface area contributed by atoms with Crippen molar-refractivity contribution in [1.82, 2.24) is 0 Å². The van der Waals surface area contributed by atoms with E-state index in [0.717, 1.165) is 6.42 Å². The second-order valence-electron chi connectivity index (χ2n) is 6.94. The van der Waals surface area contributed by atoms with E-state index in [-0.39, 0.29) is 11.7 Å². The predicted molar refractivity (Wildman–Crippen MR) is 105 cm³/mol.